The molecule has 1 aromatic carbocycles. The van der Waals surface area contributed by atoms with Crippen molar-refractivity contribution >= 4 is 43.7 Å². The molecule has 0 saturated heterocycles. The highest BCUT2D eigenvalue weighted by atomic mass is 79.9. The average Bonchev–Trinajstić information content (AvgIpc) is 2.33. The Balaban J connectivity index is 3.00. The molecule has 0 radical (unpaired) electrons. The highest BCUT2D eigenvalue weighted by Gasteiger charge is 2.26. The van der Waals surface area contributed by atoms with Gasteiger partial charge in [-0.05, 0) is 52.6 Å². The van der Waals surface area contributed by atoms with Gasteiger partial charge >= 0.3 is 5.97 Å². The van der Waals surface area contributed by atoms with Crippen LogP contribution in [0, 0.1) is 5.82 Å². The first-order chi connectivity index (χ1) is 9.27. The van der Waals surface area contributed by atoms with Crippen molar-refractivity contribution in [2.75, 3.05) is 12.0 Å². The van der Waals surface area contributed by atoms with Gasteiger partial charge in [-0.2, -0.15) is 16.5 Å². The van der Waals surface area contributed by atoms with E-state index in [9.17, 15) is 17.6 Å². The van der Waals surface area contributed by atoms with Gasteiger partial charge in [0.05, 0.1) is 4.90 Å². The van der Waals surface area contributed by atoms with Crippen molar-refractivity contribution in [1.82, 2.24) is 4.72 Å². The van der Waals surface area contributed by atoms with Crippen LogP contribution >= 0.6 is 27.7 Å². The summed E-state index contributed by atoms with van der Waals surface area (Å²) in [5.74, 6) is -1.33. The Morgan fingerprint density at radius 3 is 2.70 bits per heavy atom. The number of benzene rings is 1. The number of rotatable bonds is 7. The number of carboxylic acids is 1. The number of carbonyl (C=O) groups is 1. The van der Waals surface area contributed by atoms with Gasteiger partial charge in [0, 0.05) is 4.47 Å². The van der Waals surface area contributed by atoms with Gasteiger partial charge in [0.2, 0.25) is 10.0 Å². The number of sulfonamides is 1. The smallest absolute Gasteiger partial charge is 0.321 e. The first-order valence-electron chi connectivity index (χ1n) is 5.47. The van der Waals surface area contributed by atoms with Gasteiger partial charge in [-0.1, -0.05) is 0 Å². The molecule has 0 unspecified atom stereocenters. The van der Waals surface area contributed by atoms with E-state index in [0.717, 1.165) is 18.2 Å². The largest absolute Gasteiger partial charge is 0.480 e. The van der Waals surface area contributed by atoms with E-state index >= 15 is 0 Å². The second-order valence-electron chi connectivity index (χ2n) is 3.87. The van der Waals surface area contributed by atoms with Crippen LogP contribution in [0.1, 0.15) is 6.42 Å². The number of halogens is 2. The summed E-state index contributed by atoms with van der Waals surface area (Å²) in [5, 5.41) is 9.02. The molecule has 0 bridgehead atoms. The van der Waals surface area contributed by atoms with E-state index in [0.29, 0.717) is 5.75 Å². The zero-order chi connectivity index (χ0) is 15.3. The molecule has 112 valence electrons. The van der Waals surface area contributed by atoms with Gasteiger partial charge in [-0.25, -0.2) is 12.8 Å². The van der Waals surface area contributed by atoms with Crippen molar-refractivity contribution in [3.63, 3.8) is 0 Å². The SMILES string of the molecule is CSCC[C@H](NS(=O)(=O)c1ccc(F)cc1Br)C(=O)O. The first kappa shape index (κ1) is 17.4. The number of aliphatic carboxylic acids is 1. The van der Waals surface area contributed by atoms with Crippen LogP contribution in [0.4, 0.5) is 4.39 Å². The van der Waals surface area contributed by atoms with Crippen LogP contribution in [0.2, 0.25) is 0 Å². The monoisotopic (exact) mass is 385 g/mol. The maximum Gasteiger partial charge on any atom is 0.321 e. The molecule has 0 aliphatic rings. The minimum Gasteiger partial charge on any atom is -0.480 e. The van der Waals surface area contributed by atoms with Crippen LogP contribution in [0.15, 0.2) is 27.6 Å². The third kappa shape index (κ3) is 4.72. The van der Waals surface area contributed by atoms with E-state index in [1.54, 1.807) is 6.26 Å². The molecule has 0 saturated carbocycles. The summed E-state index contributed by atoms with van der Waals surface area (Å²) in [5.41, 5.74) is 0. The number of nitrogens with one attached hydrogen (secondary N) is 1. The Kier molecular flexibility index (Phi) is 6.44. The van der Waals surface area contributed by atoms with E-state index in [2.05, 4.69) is 20.7 Å². The molecule has 5 nitrogen and oxygen atoms in total. The van der Waals surface area contributed by atoms with Crippen LogP contribution < -0.4 is 4.72 Å². The summed E-state index contributed by atoms with van der Waals surface area (Å²) in [6.45, 7) is 0. The van der Waals surface area contributed by atoms with E-state index in [4.69, 9.17) is 5.11 Å². The van der Waals surface area contributed by atoms with E-state index in [-0.39, 0.29) is 15.8 Å². The molecule has 0 aliphatic carbocycles. The molecule has 0 fully saturated rings. The zero-order valence-corrected chi connectivity index (χ0v) is 13.7. The van der Waals surface area contributed by atoms with Crippen molar-refractivity contribution in [3.8, 4) is 0 Å². The Morgan fingerprint density at radius 1 is 1.55 bits per heavy atom. The van der Waals surface area contributed by atoms with Crippen molar-refractivity contribution in [3.05, 3.63) is 28.5 Å². The highest BCUT2D eigenvalue weighted by Crippen LogP contribution is 2.23. The molecule has 0 aliphatic heterocycles. The molecule has 2 N–H and O–H groups in total. The average molecular weight is 386 g/mol. The number of carboxylic acid groups (broad SMARTS) is 1. The van der Waals surface area contributed by atoms with Gasteiger partial charge in [-0.15, -0.1) is 0 Å². The van der Waals surface area contributed by atoms with Crippen molar-refractivity contribution in [2.24, 2.45) is 0 Å². The molecule has 9 heteroatoms. The molecular formula is C11H13BrFNO4S2. The summed E-state index contributed by atoms with van der Waals surface area (Å²) in [4.78, 5) is 10.8. The molecule has 1 rings (SSSR count). The summed E-state index contributed by atoms with van der Waals surface area (Å²) >= 11 is 4.37. The molecule has 0 amide bonds. The molecule has 20 heavy (non-hydrogen) atoms. The topological polar surface area (TPSA) is 83.5 Å². The number of hydrogen-bond donors (Lipinski definition) is 2. The van der Waals surface area contributed by atoms with Gasteiger partial charge in [0.15, 0.2) is 0 Å². The van der Waals surface area contributed by atoms with Crippen molar-refractivity contribution < 1.29 is 22.7 Å². The molecular weight excluding hydrogens is 373 g/mol. The number of thioether (sulfide) groups is 1. The quantitative estimate of drug-likeness (QED) is 0.750. The van der Waals surface area contributed by atoms with Gasteiger partial charge in [0.25, 0.3) is 0 Å². The highest BCUT2D eigenvalue weighted by molar-refractivity contribution is 9.10. The van der Waals surface area contributed by atoms with Crippen LogP contribution in [0.25, 0.3) is 0 Å². The summed E-state index contributed by atoms with van der Waals surface area (Å²) in [7, 11) is -4.04. The standard InChI is InChI=1S/C11H13BrFNO4S2/c1-19-5-4-9(11(15)16)14-20(17,18)10-3-2-7(13)6-8(10)12/h2-3,6,9,14H,4-5H2,1H3,(H,15,16)/t9-/m0/s1. The normalized spacial score (nSPS) is 13.2. The molecule has 0 aromatic heterocycles. The maximum atomic E-state index is 13.0. The van der Waals surface area contributed by atoms with Crippen molar-refractivity contribution in [2.45, 2.75) is 17.4 Å². The van der Waals surface area contributed by atoms with Crippen molar-refractivity contribution in [1.29, 1.82) is 0 Å². The minimum atomic E-state index is -4.04. The second kappa shape index (κ2) is 7.39. The fourth-order valence-corrected chi connectivity index (χ4v) is 4.16. The van der Waals surface area contributed by atoms with E-state index in [1.165, 1.54) is 11.8 Å². The summed E-state index contributed by atoms with van der Waals surface area (Å²) in [6, 6.07) is 1.86. The van der Waals surface area contributed by atoms with Gasteiger partial charge in [-0.3, -0.25) is 4.79 Å². The molecule has 0 heterocycles. The lowest BCUT2D eigenvalue weighted by molar-refractivity contribution is -0.139. The van der Waals surface area contributed by atoms with E-state index in [1.807, 2.05) is 0 Å². The third-order valence-electron chi connectivity index (χ3n) is 2.39. The predicted molar refractivity (Wildman–Crippen MR) is 78.8 cm³/mol. The maximum absolute atomic E-state index is 13.0. The van der Waals surface area contributed by atoms with Crippen LogP contribution in [-0.2, 0) is 14.8 Å². The molecule has 1 atom stereocenters. The Bertz CT molecular complexity index is 594. The first-order valence-corrected chi connectivity index (χ1v) is 9.14. The zero-order valence-electron chi connectivity index (χ0n) is 10.5. The predicted octanol–water partition coefficient (Wildman–Crippen LogP) is 2.07. The van der Waals surface area contributed by atoms with E-state index < -0.39 is 27.9 Å². The van der Waals surface area contributed by atoms with Gasteiger partial charge in [0.1, 0.15) is 11.9 Å². The Morgan fingerprint density at radius 2 is 2.20 bits per heavy atom. The summed E-state index contributed by atoms with van der Waals surface area (Å²) in [6.07, 6.45) is 1.96. The Hall–Kier alpha value is -0.640. The third-order valence-corrected chi connectivity index (χ3v) is 5.48. The molecule has 0 spiro atoms. The van der Waals surface area contributed by atoms with Gasteiger partial charge < -0.3 is 5.11 Å². The second-order valence-corrected chi connectivity index (χ2v) is 7.39. The molecule has 1 aromatic rings. The summed E-state index contributed by atoms with van der Waals surface area (Å²) < 4.78 is 39.3. The van der Waals surface area contributed by atoms with Crippen LogP contribution in [-0.4, -0.2) is 37.5 Å². The fourth-order valence-electron chi connectivity index (χ4n) is 1.41. The Labute approximate surface area is 129 Å². The fraction of sp³-hybridized carbons (Fsp3) is 0.364. The number of hydrogen-bond acceptors (Lipinski definition) is 4. The van der Waals surface area contributed by atoms with Crippen LogP contribution in [0.3, 0.4) is 0 Å². The lowest BCUT2D eigenvalue weighted by Gasteiger charge is -2.15. The lowest BCUT2D eigenvalue weighted by Crippen LogP contribution is -2.41. The minimum absolute atomic E-state index is 0.0407. The lowest BCUT2D eigenvalue weighted by atomic mass is 10.2. The van der Waals surface area contributed by atoms with Crippen LogP contribution in [0.5, 0.6) is 0 Å².